The molecule has 0 heterocycles. The SMILES string of the molecule is CC[C@H](C(=O)NC(C)(C)C)N(CCc1ccccc1)C(=O)COc1cc(OC)cc(OC)c1. The molecule has 0 bridgehead atoms. The maximum absolute atomic E-state index is 13.3. The number of amides is 2. The zero-order valence-electron chi connectivity index (χ0n) is 20.5. The van der Waals surface area contributed by atoms with E-state index in [4.69, 9.17) is 14.2 Å². The first-order chi connectivity index (χ1) is 15.7. The van der Waals surface area contributed by atoms with Crippen LogP contribution in [-0.2, 0) is 16.0 Å². The van der Waals surface area contributed by atoms with Crippen molar-refractivity contribution in [3.05, 3.63) is 54.1 Å². The highest BCUT2D eigenvalue weighted by Crippen LogP contribution is 2.27. The van der Waals surface area contributed by atoms with Gasteiger partial charge in [-0.1, -0.05) is 37.3 Å². The molecule has 2 aromatic rings. The summed E-state index contributed by atoms with van der Waals surface area (Å²) in [5, 5.41) is 3.00. The summed E-state index contributed by atoms with van der Waals surface area (Å²) in [6, 6.07) is 14.4. The molecule has 1 N–H and O–H groups in total. The van der Waals surface area contributed by atoms with Gasteiger partial charge in [-0.05, 0) is 39.2 Å². The molecule has 7 nitrogen and oxygen atoms in total. The van der Waals surface area contributed by atoms with Gasteiger partial charge in [0.2, 0.25) is 5.91 Å². The lowest BCUT2D eigenvalue weighted by molar-refractivity contribution is -0.142. The zero-order valence-corrected chi connectivity index (χ0v) is 20.5. The molecule has 0 aliphatic heterocycles. The van der Waals surface area contributed by atoms with E-state index in [0.29, 0.717) is 36.6 Å². The Morgan fingerprint density at radius 2 is 1.55 bits per heavy atom. The van der Waals surface area contributed by atoms with E-state index in [1.807, 2.05) is 58.0 Å². The van der Waals surface area contributed by atoms with E-state index in [9.17, 15) is 9.59 Å². The second kappa shape index (κ2) is 12.1. The number of methoxy groups -OCH3 is 2. The second-order valence-electron chi connectivity index (χ2n) is 8.82. The molecule has 2 rings (SSSR count). The molecular weight excluding hydrogens is 420 g/mol. The predicted molar refractivity (Wildman–Crippen MR) is 129 cm³/mol. The van der Waals surface area contributed by atoms with Crippen molar-refractivity contribution in [2.24, 2.45) is 0 Å². The van der Waals surface area contributed by atoms with Crippen LogP contribution in [0.2, 0.25) is 0 Å². The number of benzene rings is 2. The number of nitrogens with zero attached hydrogens (tertiary/aromatic N) is 1. The monoisotopic (exact) mass is 456 g/mol. The molecule has 0 aliphatic carbocycles. The van der Waals surface area contributed by atoms with Gasteiger partial charge in [-0.25, -0.2) is 0 Å². The molecule has 0 radical (unpaired) electrons. The average Bonchev–Trinajstić information content (AvgIpc) is 2.79. The Morgan fingerprint density at radius 1 is 0.970 bits per heavy atom. The topological polar surface area (TPSA) is 77.1 Å². The lowest BCUT2D eigenvalue weighted by Crippen LogP contribution is -2.54. The van der Waals surface area contributed by atoms with Gasteiger partial charge in [-0.2, -0.15) is 0 Å². The van der Waals surface area contributed by atoms with Crippen molar-refractivity contribution in [3.8, 4) is 17.2 Å². The molecule has 2 aromatic carbocycles. The van der Waals surface area contributed by atoms with Crippen LogP contribution in [0.25, 0.3) is 0 Å². The quantitative estimate of drug-likeness (QED) is 0.556. The minimum absolute atomic E-state index is 0.172. The average molecular weight is 457 g/mol. The first-order valence-electron chi connectivity index (χ1n) is 11.2. The van der Waals surface area contributed by atoms with Crippen LogP contribution in [0.4, 0.5) is 0 Å². The molecule has 0 saturated carbocycles. The number of nitrogens with one attached hydrogen (secondary N) is 1. The molecule has 180 valence electrons. The third kappa shape index (κ3) is 8.33. The van der Waals surface area contributed by atoms with Gasteiger partial charge in [-0.3, -0.25) is 9.59 Å². The number of carbonyl (C=O) groups excluding carboxylic acids is 2. The Morgan fingerprint density at radius 3 is 2.06 bits per heavy atom. The van der Waals surface area contributed by atoms with Crippen molar-refractivity contribution in [1.29, 1.82) is 0 Å². The third-order valence-electron chi connectivity index (χ3n) is 5.06. The van der Waals surface area contributed by atoms with E-state index in [-0.39, 0.29) is 18.4 Å². The summed E-state index contributed by atoms with van der Waals surface area (Å²) in [7, 11) is 3.10. The summed E-state index contributed by atoms with van der Waals surface area (Å²) in [5.74, 6) is 1.15. The second-order valence-corrected chi connectivity index (χ2v) is 8.82. The molecule has 33 heavy (non-hydrogen) atoms. The van der Waals surface area contributed by atoms with Gasteiger partial charge < -0.3 is 24.4 Å². The highest BCUT2D eigenvalue weighted by Gasteiger charge is 2.30. The van der Waals surface area contributed by atoms with E-state index < -0.39 is 11.6 Å². The summed E-state index contributed by atoms with van der Waals surface area (Å²) in [4.78, 5) is 27.9. The standard InChI is InChI=1S/C26H36N2O5/c1-7-23(25(30)27-26(2,3)4)28(14-13-19-11-9-8-10-12-19)24(29)18-33-22-16-20(31-5)15-21(17-22)32-6/h8-12,15-17,23H,7,13-14,18H2,1-6H3,(H,27,30)/t23-/m1/s1. The smallest absolute Gasteiger partial charge is 0.261 e. The van der Waals surface area contributed by atoms with Crippen molar-refractivity contribution in [2.45, 2.75) is 52.1 Å². The highest BCUT2D eigenvalue weighted by atomic mass is 16.5. The molecule has 0 unspecified atom stereocenters. The van der Waals surface area contributed by atoms with Crippen molar-refractivity contribution >= 4 is 11.8 Å². The van der Waals surface area contributed by atoms with Crippen LogP contribution in [0.15, 0.2) is 48.5 Å². The van der Waals surface area contributed by atoms with Crippen LogP contribution in [-0.4, -0.2) is 55.7 Å². The van der Waals surface area contributed by atoms with Crippen LogP contribution >= 0.6 is 0 Å². The third-order valence-corrected chi connectivity index (χ3v) is 5.06. The van der Waals surface area contributed by atoms with Crippen LogP contribution in [0.1, 0.15) is 39.7 Å². The summed E-state index contributed by atoms with van der Waals surface area (Å²) in [6.07, 6.45) is 1.13. The molecule has 0 fully saturated rings. The Bertz CT molecular complexity index is 886. The number of hydrogen-bond donors (Lipinski definition) is 1. The van der Waals surface area contributed by atoms with Gasteiger partial charge in [0, 0.05) is 30.3 Å². The molecule has 0 spiro atoms. The van der Waals surface area contributed by atoms with E-state index in [2.05, 4.69) is 5.32 Å². The Kier molecular flexibility index (Phi) is 9.57. The molecule has 0 aromatic heterocycles. The van der Waals surface area contributed by atoms with Crippen molar-refractivity contribution in [3.63, 3.8) is 0 Å². The van der Waals surface area contributed by atoms with E-state index in [1.54, 1.807) is 37.3 Å². The van der Waals surface area contributed by atoms with Crippen molar-refractivity contribution in [1.82, 2.24) is 10.2 Å². The lowest BCUT2D eigenvalue weighted by Gasteiger charge is -2.33. The van der Waals surface area contributed by atoms with Crippen molar-refractivity contribution in [2.75, 3.05) is 27.4 Å². The Labute approximate surface area is 197 Å². The molecule has 0 aliphatic rings. The number of carbonyl (C=O) groups is 2. The largest absolute Gasteiger partial charge is 0.496 e. The van der Waals surface area contributed by atoms with Gasteiger partial charge in [0.05, 0.1) is 14.2 Å². The van der Waals surface area contributed by atoms with E-state index in [1.165, 1.54) is 0 Å². The number of ether oxygens (including phenoxy) is 3. The maximum atomic E-state index is 13.3. The minimum atomic E-state index is -0.594. The van der Waals surface area contributed by atoms with Gasteiger partial charge in [0.15, 0.2) is 6.61 Å². The first-order valence-corrected chi connectivity index (χ1v) is 11.2. The molecule has 0 saturated heterocycles. The minimum Gasteiger partial charge on any atom is -0.496 e. The van der Waals surface area contributed by atoms with Gasteiger partial charge >= 0.3 is 0 Å². The summed E-state index contributed by atoms with van der Waals surface area (Å²) in [6.45, 7) is 7.88. The fraction of sp³-hybridized carbons (Fsp3) is 0.462. The molecule has 1 atom stereocenters. The number of hydrogen-bond acceptors (Lipinski definition) is 5. The van der Waals surface area contributed by atoms with Crippen LogP contribution in [0.5, 0.6) is 17.2 Å². The van der Waals surface area contributed by atoms with Gasteiger partial charge in [0.25, 0.3) is 5.91 Å². The molecule has 7 heteroatoms. The molecular formula is C26H36N2O5. The number of rotatable bonds is 11. The maximum Gasteiger partial charge on any atom is 0.261 e. The zero-order chi connectivity index (χ0) is 24.4. The fourth-order valence-electron chi connectivity index (χ4n) is 3.44. The fourth-order valence-corrected chi connectivity index (χ4v) is 3.44. The Hall–Kier alpha value is -3.22. The Balaban J connectivity index is 2.20. The van der Waals surface area contributed by atoms with Crippen LogP contribution in [0, 0.1) is 0 Å². The predicted octanol–water partition coefficient (Wildman–Crippen LogP) is 3.85. The van der Waals surface area contributed by atoms with E-state index in [0.717, 1.165) is 5.56 Å². The normalized spacial score (nSPS) is 11.9. The summed E-state index contributed by atoms with van der Waals surface area (Å²) in [5.41, 5.74) is 0.701. The molecule has 2 amide bonds. The highest BCUT2D eigenvalue weighted by molar-refractivity contribution is 5.88. The van der Waals surface area contributed by atoms with Crippen LogP contribution < -0.4 is 19.5 Å². The first kappa shape index (κ1) is 26.0. The van der Waals surface area contributed by atoms with Crippen molar-refractivity contribution < 1.29 is 23.8 Å². The van der Waals surface area contributed by atoms with Gasteiger partial charge in [0.1, 0.15) is 23.3 Å². The summed E-state index contributed by atoms with van der Waals surface area (Å²) >= 11 is 0. The summed E-state index contributed by atoms with van der Waals surface area (Å²) < 4.78 is 16.3. The lowest BCUT2D eigenvalue weighted by atomic mass is 10.1. The van der Waals surface area contributed by atoms with Crippen LogP contribution in [0.3, 0.4) is 0 Å². The van der Waals surface area contributed by atoms with E-state index >= 15 is 0 Å². The van der Waals surface area contributed by atoms with Gasteiger partial charge in [-0.15, -0.1) is 0 Å².